The molecular formula is C17H25FN2. The molecule has 3 heteroatoms. The Hall–Kier alpha value is -1.09. The average molecular weight is 276 g/mol. The van der Waals surface area contributed by atoms with Crippen molar-refractivity contribution in [3.8, 4) is 0 Å². The van der Waals surface area contributed by atoms with Gasteiger partial charge in [0.15, 0.2) is 0 Å². The average Bonchev–Trinajstić information content (AvgIpc) is 2.89. The third kappa shape index (κ3) is 2.69. The minimum absolute atomic E-state index is 0.151. The molecular weight excluding hydrogens is 251 g/mol. The third-order valence-electron chi connectivity index (χ3n) is 5.28. The van der Waals surface area contributed by atoms with Crippen molar-refractivity contribution >= 4 is 5.69 Å². The molecule has 3 rings (SSSR count). The Bertz CT molecular complexity index is 456. The highest BCUT2D eigenvalue weighted by Crippen LogP contribution is 2.46. The van der Waals surface area contributed by atoms with E-state index in [1.165, 1.54) is 44.2 Å². The fourth-order valence-corrected chi connectivity index (χ4v) is 4.07. The second-order valence-corrected chi connectivity index (χ2v) is 6.51. The summed E-state index contributed by atoms with van der Waals surface area (Å²) in [5, 5.41) is 0. The number of benzene rings is 1. The Morgan fingerprint density at radius 3 is 2.45 bits per heavy atom. The molecule has 2 aliphatic rings. The number of anilines is 1. The van der Waals surface area contributed by atoms with E-state index in [0.717, 1.165) is 25.1 Å². The maximum absolute atomic E-state index is 13.4. The number of rotatable bonds is 3. The Balaban J connectivity index is 1.74. The van der Waals surface area contributed by atoms with Gasteiger partial charge in [0, 0.05) is 18.8 Å². The summed E-state index contributed by atoms with van der Waals surface area (Å²) in [6.07, 6.45) is 9.01. The van der Waals surface area contributed by atoms with Crippen LogP contribution in [-0.2, 0) is 6.42 Å². The molecule has 1 saturated heterocycles. The SMILES string of the molecule is NCCc1cc(F)ccc1N1CCC2(CCCC2)CC1. The first kappa shape index (κ1) is 13.9. The minimum Gasteiger partial charge on any atom is -0.371 e. The first-order chi connectivity index (χ1) is 9.72. The van der Waals surface area contributed by atoms with Gasteiger partial charge in [0.05, 0.1) is 0 Å². The molecule has 0 aromatic heterocycles. The van der Waals surface area contributed by atoms with Crippen molar-refractivity contribution in [2.24, 2.45) is 11.1 Å². The summed E-state index contributed by atoms with van der Waals surface area (Å²) in [5.41, 5.74) is 8.56. The summed E-state index contributed by atoms with van der Waals surface area (Å²) in [6.45, 7) is 2.81. The summed E-state index contributed by atoms with van der Waals surface area (Å²) < 4.78 is 13.4. The number of nitrogens with two attached hydrogens (primary N) is 1. The predicted octanol–water partition coefficient (Wildman–Crippen LogP) is 3.49. The number of hydrogen-bond acceptors (Lipinski definition) is 2. The highest BCUT2D eigenvalue weighted by molar-refractivity contribution is 5.54. The van der Waals surface area contributed by atoms with Gasteiger partial charge in [0.25, 0.3) is 0 Å². The lowest BCUT2D eigenvalue weighted by molar-refractivity contribution is 0.226. The smallest absolute Gasteiger partial charge is 0.123 e. The van der Waals surface area contributed by atoms with Gasteiger partial charge in [-0.25, -0.2) is 4.39 Å². The van der Waals surface area contributed by atoms with Crippen LogP contribution in [0.3, 0.4) is 0 Å². The van der Waals surface area contributed by atoms with Crippen molar-refractivity contribution in [2.45, 2.75) is 44.9 Å². The van der Waals surface area contributed by atoms with Crippen LogP contribution in [0.4, 0.5) is 10.1 Å². The normalized spacial score (nSPS) is 21.6. The molecule has 110 valence electrons. The van der Waals surface area contributed by atoms with Crippen LogP contribution in [0.5, 0.6) is 0 Å². The Kier molecular flexibility index (Phi) is 3.97. The van der Waals surface area contributed by atoms with Gasteiger partial charge < -0.3 is 10.6 Å². The van der Waals surface area contributed by atoms with E-state index in [0.29, 0.717) is 12.0 Å². The van der Waals surface area contributed by atoms with Crippen molar-refractivity contribution in [3.63, 3.8) is 0 Å². The van der Waals surface area contributed by atoms with Crippen LogP contribution in [0.2, 0.25) is 0 Å². The van der Waals surface area contributed by atoms with E-state index in [2.05, 4.69) is 4.90 Å². The standard InChI is InChI=1S/C17H25FN2/c18-15-3-4-16(14(13-15)5-10-19)20-11-8-17(9-12-20)6-1-2-7-17/h3-4,13H,1-2,5-12,19H2. The maximum Gasteiger partial charge on any atom is 0.123 e. The summed E-state index contributed by atoms with van der Waals surface area (Å²) in [6, 6.07) is 5.17. The molecule has 0 atom stereocenters. The fourth-order valence-electron chi connectivity index (χ4n) is 4.07. The van der Waals surface area contributed by atoms with Gasteiger partial charge in [-0.05, 0) is 67.8 Å². The molecule has 0 bridgehead atoms. The zero-order chi connectivity index (χ0) is 14.0. The molecule has 1 heterocycles. The van der Waals surface area contributed by atoms with Crippen molar-refractivity contribution in [1.29, 1.82) is 0 Å². The molecule has 2 N–H and O–H groups in total. The Morgan fingerprint density at radius 1 is 1.10 bits per heavy atom. The molecule has 1 aromatic carbocycles. The molecule has 1 aliphatic carbocycles. The van der Waals surface area contributed by atoms with Crippen LogP contribution in [-0.4, -0.2) is 19.6 Å². The minimum atomic E-state index is -0.151. The third-order valence-corrected chi connectivity index (χ3v) is 5.28. The van der Waals surface area contributed by atoms with Crippen molar-refractivity contribution < 1.29 is 4.39 Å². The van der Waals surface area contributed by atoms with Gasteiger partial charge in [-0.3, -0.25) is 0 Å². The summed E-state index contributed by atoms with van der Waals surface area (Å²) >= 11 is 0. The van der Waals surface area contributed by atoms with E-state index in [1.807, 2.05) is 6.07 Å². The predicted molar refractivity (Wildman–Crippen MR) is 81.5 cm³/mol. The second-order valence-electron chi connectivity index (χ2n) is 6.51. The van der Waals surface area contributed by atoms with E-state index >= 15 is 0 Å². The largest absolute Gasteiger partial charge is 0.371 e. The molecule has 0 amide bonds. The molecule has 0 radical (unpaired) electrons. The first-order valence-electron chi connectivity index (χ1n) is 7.96. The number of hydrogen-bond donors (Lipinski definition) is 1. The van der Waals surface area contributed by atoms with Crippen molar-refractivity contribution in [3.05, 3.63) is 29.6 Å². The van der Waals surface area contributed by atoms with E-state index in [1.54, 1.807) is 12.1 Å². The Labute approximate surface area is 121 Å². The topological polar surface area (TPSA) is 29.3 Å². The Morgan fingerprint density at radius 2 is 1.80 bits per heavy atom. The van der Waals surface area contributed by atoms with Crippen LogP contribution in [0.25, 0.3) is 0 Å². The zero-order valence-electron chi connectivity index (χ0n) is 12.2. The lowest BCUT2D eigenvalue weighted by atomic mass is 9.77. The van der Waals surface area contributed by atoms with Crippen molar-refractivity contribution in [1.82, 2.24) is 0 Å². The van der Waals surface area contributed by atoms with Crippen molar-refractivity contribution in [2.75, 3.05) is 24.5 Å². The number of nitrogens with zero attached hydrogens (tertiary/aromatic N) is 1. The molecule has 2 nitrogen and oxygen atoms in total. The van der Waals surface area contributed by atoms with Crippen LogP contribution in [0.1, 0.15) is 44.1 Å². The van der Waals surface area contributed by atoms with E-state index in [4.69, 9.17) is 5.73 Å². The number of piperidine rings is 1. The van der Waals surface area contributed by atoms with Gasteiger partial charge in [0.1, 0.15) is 5.82 Å². The summed E-state index contributed by atoms with van der Waals surface area (Å²) in [7, 11) is 0. The van der Waals surface area contributed by atoms with Crippen LogP contribution in [0.15, 0.2) is 18.2 Å². The molecule has 0 unspecified atom stereocenters. The molecule has 1 aliphatic heterocycles. The lowest BCUT2D eigenvalue weighted by Crippen LogP contribution is -2.39. The van der Waals surface area contributed by atoms with Gasteiger partial charge in [-0.2, -0.15) is 0 Å². The molecule has 1 spiro atoms. The molecule has 1 aromatic rings. The number of halogens is 1. The highest BCUT2D eigenvalue weighted by atomic mass is 19.1. The van der Waals surface area contributed by atoms with E-state index in [9.17, 15) is 4.39 Å². The molecule has 2 fully saturated rings. The van der Waals surface area contributed by atoms with Crippen LogP contribution >= 0.6 is 0 Å². The molecule has 1 saturated carbocycles. The monoisotopic (exact) mass is 276 g/mol. The fraction of sp³-hybridized carbons (Fsp3) is 0.647. The summed E-state index contributed by atoms with van der Waals surface area (Å²) in [5.74, 6) is -0.151. The van der Waals surface area contributed by atoms with E-state index in [-0.39, 0.29) is 5.82 Å². The van der Waals surface area contributed by atoms with Crippen LogP contribution in [0, 0.1) is 11.2 Å². The maximum atomic E-state index is 13.4. The van der Waals surface area contributed by atoms with Gasteiger partial charge in [-0.1, -0.05) is 12.8 Å². The van der Waals surface area contributed by atoms with Gasteiger partial charge in [-0.15, -0.1) is 0 Å². The lowest BCUT2D eigenvalue weighted by Gasteiger charge is -2.41. The first-order valence-corrected chi connectivity index (χ1v) is 7.96. The quantitative estimate of drug-likeness (QED) is 0.915. The summed E-state index contributed by atoms with van der Waals surface area (Å²) in [4.78, 5) is 2.44. The molecule has 20 heavy (non-hydrogen) atoms. The zero-order valence-corrected chi connectivity index (χ0v) is 12.2. The second kappa shape index (κ2) is 5.72. The van der Waals surface area contributed by atoms with Gasteiger partial charge >= 0.3 is 0 Å². The van der Waals surface area contributed by atoms with Crippen LogP contribution < -0.4 is 10.6 Å². The van der Waals surface area contributed by atoms with Gasteiger partial charge in [0.2, 0.25) is 0 Å². The highest BCUT2D eigenvalue weighted by Gasteiger charge is 2.37. The van der Waals surface area contributed by atoms with E-state index < -0.39 is 0 Å².